The third kappa shape index (κ3) is 1.77. The van der Waals surface area contributed by atoms with E-state index < -0.39 is 11.9 Å². The lowest BCUT2D eigenvalue weighted by Crippen LogP contribution is -2.27. The van der Waals surface area contributed by atoms with E-state index in [-0.39, 0.29) is 5.92 Å². The molecule has 0 spiro atoms. The van der Waals surface area contributed by atoms with Gasteiger partial charge in [-0.2, -0.15) is 0 Å². The minimum absolute atomic E-state index is 0.265. The van der Waals surface area contributed by atoms with Gasteiger partial charge in [0.1, 0.15) is 0 Å². The first-order valence-corrected chi connectivity index (χ1v) is 5.69. The Morgan fingerprint density at radius 3 is 2.69 bits per heavy atom. The van der Waals surface area contributed by atoms with Gasteiger partial charge in [0.2, 0.25) is 0 Å². The first kappa shape index (κ1) is 11.0. The molecular formula is C13H17NO2. The van der Waals surface area contributed by atoms with Crippen molar-refractivity contribution in [2.45, 2.75) is 32.1 Å². The number of aryl methyl sites for hydroxylation is 1. The van der Waals surface area contributed by atoms with Crippen LogP contribution in [-0.4, -0.2) is 11.1 Å². The van der Waals surface area contributed by atoms with Crippen molar-refractivity contribution in [1.29, 1.82) is 0 Å². The predicted octanol–water partition coefficient (Wildman–Crippen LogP) is 2.55. The number of aliphatic carboxylic acids is 1. The van der Waals surface area contributed by atoms with Crippen LogP contribution in [0.15, 0.2) is 18.2 Å². The summed E-state index contributed by atoms with van der Waals surface area (Å²) in [6, 6.07) is 5.65. The summed E-state index contributed by atoms with van der Waals surface area (Å²) in [5.41, 5.74) is 8.37. The summed E-state index contributed by atoms with van der Waals surface area (Å²) in [4.78, 5) is 11.3. The number of carbonyl (C=O) groups is 1. The normalized spacial score (nSPS) is 17.8. The van der Waals surface area contributed by atoms with E-state index >= 15 is 0 Å². The maximum atomic E-state index is 11.3. The molecule has 1 aromatic rings. The summed E-state index contributed by atoms with van der Waals surface area (Å²) >= 11 is 0. The van der Waals surface area contributed by atoms with Crippen LogP contribution >= 0.6 is 0 Å². The van der Waals surface area contributed by atoms with Crippen LogP contribution in [0.25, 0.3) is 0 Å². The molecule has 0 bridgehead atoms. The molecule has 1 aromatic carbocycles. The van der Waals surface area contributed by atoms with Crippen LogP contribution in [0.3, 0.4) is 0 Å². The lowest BCUT2D eigenvalue weighted by atomic mass is 9.72. The highest BCUT2D eigenvalue weighted by molar-refractivity contribution is 5.79. The van der Waals surface area contributed by atoms with Crippen LogP contribution in [0.1, 0.15) is 36.3 Å². The Morgan fingerprint density at radius 1 is 1.50 bits per heavy atom. The second-order valence-corrected chi connectivity index (χ2v) is 4.58. The summed E-state index contributed by atoms with van der Waals surface area (Å²) in [6.45, 7) is 1.92. The highest BCUT2D eigenvalue weighted by Crippen LogP contribution is 2.41. The average molecular weight is 219 g/mol. The van der Waals surface area contributed by atoms with Crippen LogP contribution in [0, 0.1) is 12.8 Å². The number of nitrogens with two attached hydrogens (primary N) is 1. The van der Waals surface area contributed by atoms with Crippen LogP contribution in [-0.2, 0) is 4.79 Å². The fourth-order valence-electron chi connectivity index (χ4n) is 2.34. The molecule has 16 heavy (non-hydrogen) atoms. The SMILES string of the molecule is Cc1cccc(C(C(=O)O)C2CCC2)c1N. The second-order valence-electron chi connectivity index (χ2n) is 4.58. The number of carboxylic acids is 1. The van der Waals surface area contributed by atoms with Crippen molar-refractivity contribution >= 4 is 11.7 Å². The lowest BCUT2D eigenvalue weighted by Gasteiger charge is -2.32. The average Bonchev–Trinajstić information content (AvgIpc) is 2.16. The Labute approximate surface area is 95.3 Å². The van der Waals surface area contributed by atoms with Gasteiger partial charge in [-0.05, 0) is 36.8 Å². The molecule has 86 valence electrons. The molecule has 0 heterocycles. The van der Waals surface area contributed by atoms with Crippen molar-refractivity contribution in [2.24, 2.45) is 5.92 Å². The topological polar surface area (TPSA) is 63.3 Å². The van der Waals surface area contributed by atoms with Crippen LogP contribution < -0.4 is 5.73 Å². The van der Waals surface area contributed by atoms with Gasteiger partial charge in [-0.15, -0.1) is 0 Å². The number of para-hydroxylation sites is 1. The fourth-order valence-corrected chi connectivity index (χ4v) is 2.34. The monoisotopic (exact) mass is 219 g/mol. The predicted molar refractivity (Wildman–Crippen MR) is 63.3 cm³/mol. The van der Waals surface area contributed by atoms with Gasteiger partial charge >= 0.3 is 5.97 Å². The molecule has 0 aliphatic heterocycles. The van der Waals surface area contributed by atoms with Crippen molar-refractivity contribution in [3.63, 3.8) is 0 Å². The van der Waals surface area contributed by atoms with E-state index in [9.17, 15) is 9.90 Å². The molecule has 0 amide bonds. The van der Waals surface area contributed by atoms with Crippen molar-refractivity contribution < 1.29 is 9.90 Å². The summed E-state index contributed by atoms with van der Waals surface area (Å²) < 4.78 is 0. The largest absolute Gasteiger partial charge is 0.481 e. The Balaban J connectivity index is 2.38. The Kier molecular flexibility index (Phi) is 2.86. The summed E-state index contributed by atoms with van der Waals surface area (Å²) in [6.07, 6.45) is 3.15. The van der Waals surface area contributed by atoms with Crippen molar-refractivity contribution in [1.82, 2.24) is 0 Å². The van der Waals surface area contributed by atoms with Gasteiger partial charge in [0.25, 0.3) is 0 Å². The molecular weight excluding hydrogens is 202 g/mol. The quantitative estimate of drug-likeness (QED) is 0.768. The number of anilines is 1. The molecule has 0 radical (unpaired) electrons. The van der Waals surface area contributed by atoms with Crippen molar-refractivity contribution in [3.8, 4) is 0 Å². The third-order valence-electron chi connectivity index (χ3n) is 3.58. The minimum Gasteiger partial charge on any atom is -0.481 e. The van der Waals surface area contributed by atoms with Crippen LogP contribution in [0.4, 0.5) is 5.69 Å². The maximum Gasteiger partial charge on any atom is 0.311 e. The fraction of sp³-hybridized carbons (Fsp3) is 0.462. The van der Waals surface area contributed by atoms with Crippen LogP contribution in [0.5, 0.6) is 0 Å². The number of hydrogen-bond donors (Lipinski definition) is 2. The number of carboxylic acid groups (broad SMARTS) is 1. The molecule has 1 saturated carbocycles. The molecule has 1 atom stereocenters. The molecule has 3 N–H and O–H groups in total. The van der Waals surface area contributed by atoms with Gasteiger partial charge in [-0.3, -0.25) is 4.79 Å². The Hall–Kier alpha value is -1.51. The Bertz CT molecular complexity index is 410. The van der Waals surface area contributed by atoms with Crippen molar-refractivity contribution in [3.05, 3.63) is 29.3 Å². The minimum atomic E-state index is -0.748. The zero-order chi connectivity index (χ0) is 11.7. The molecule has 1 fully saturated rings. The van der Waals surface area contributed by atoms with E-state index in [1.165, 1.54) is 0 Å². The first-order chi connectivity index (χ1) is 7.61. The highest BCUT2D eigenvalue weighted by atomic mass is 16.4. The molecule has 0 aromatic heterocycles. The number of benzene rings is 1. The van der Waals surface area contributed by atoms with Crippen molar-refractivity contribution in [2.75, 3.05) is 5.73 Å². The molecule has 2 rings (SSSR count). The number of rotatable bonds is 3. The van der Waals surface area contributed by atoms with Crippen LogP contribution in [0.2, 0.25) is 0 Å². The molecule has 3 nitrogen and oxygen atoms in total. The summed E-state index contributed by atoms with van der Waals surface area (Å²) in [7, 11) is 0. The first-order valence-electron chi connectivity index (χ1n) is 5.69. The van der Waals surface area contributed by atoms with E-state index in [2.05, 4.69) is 0 Å². The van der Waals surface area contributed by atoms with Gasteiger partial charge in [-0.1, -0.05) is 24.6 Å². The van der Waals surface area contributed by atoms with E-state index in [1.807, 2.05) is 25.1 Å². The molecule has 0 saturated heterocycles. The smallest absolute Gasteiger partial charge is 0.311 e. The molecule has 1 aliphatic carbocycles. The lowest BCUT2D eigenvalue weighted by molar-refractivity contribution is -0.141. The maximum absolute atomic E-state index is 11.3. The second kappa shape index (κ2) is 4.16. The summed E-state index contributed by atoms with van der Waals surface area (Å²) in [5, 5.41) is 9.32. The van der Waals surface area contributed by atoms with Gasteiger partial charge in [-0.25, -0.2) is 0 Å². The summed E-state index contributed by atoms with van der Waals surface area (Å²) in [5.74, 6) is -0.905. The molecule has 1 unspecified atom stereocenters. The Morgan fingerprint density at radius 2 is 2.19 bits per heavy atom. The van der Waals surface area contributed by atoms with E-state index in [0.717, 1.165) is 30.4 Å². The zero-order valence-corrected chi connectivity index (χ0v) is 9.44. The van der Waals surface area contributed by atoms with E-state index in [4.69, 9.17) is 5.73 Å². The zero-order valence-electron chi connectivity index (χ0n) is 9.44. The highest BCUT2D eigenvalue weighted by Gasteiger charge is 2.34. The number of nitrogen functional groups attached to an aromatic ring is 1. The number of hydrogen-bond acceptors (Lipinski definition) is 2. The van der Waals surface area contributed by atoms with Gasteiger partial charge in [0.15, 0.2) is 0 Å². The molecule has 1 aliphatic rings. The van der Waals surface area contributed by atoms with E-state index in [0.29, 0.717) is 5.69 Å². The van der Waals surface area contributed by atoms with E-state index in [1.54, 1.807) is 0 Å². The molecule has 3 heteroatoms. The standard InChI is InChI=1S/C13H17NO2/c1-8-4-2-7-10(12(8)14)11(13(15)16)9-5-3-6-9/h2,4,7,9,11H,3,5-6,14H2,1H3,(H,15,16). The van der Waals surface area contributed by atoms with Gasteiger partial charge < -0.3 is 10.8 Å². The van der Waals surface area contributed by atoms with Gasteiger partial charge in [0, 0.05) is 5.69 Å². The van der Waals surface area contributed by atoms with Gasteiger partial charge in [0.05, 0.1) is 5.92 Å². The third-order valence-corrected chi connectivity index (χ3v) is 3.58.